The molecule has 1 rings (SSSR count). The molecule has 5 heteroatoms. The van der Waals surface area contributed by atoms with Gasteiger partial charge in [-0.3, -0.25) is 4.90 Å². The summed E-state index contributed by atoms with van der Waals surface area (Å²) in [6, 6.07) is 4.99. The molecule has 3 nitrogen and oxygen atoms in total. The highest BCUT2D eigenvalue weighted by Gasteiger charge is 2.19. The first-order valence-electron chi connectivity index (χ1n) is 7.03. The zero-order valence-corrected chi connectivity index (χ0v) is 13.3. The van der Waals surface area contributed by atoms with Gasteiger partial charge in [-0.2, -0.15) is 0 Å². The number of hydrogen-bond acceptors (Lipinski definition) is 3. The Hall–Kier alpha value is -0.680. The lowest BCUT2D eigenvalue weighted by atomic mass is 10.0. The van der Waals surface area contributed by atoms with Gasteiger partial charge in [0, 0.05) is 25.7 Å². The van der Waals surface area contributed by atoms with Crippen LogP contribution in [-0.2, 0) is 0 Å². The van der Waals surface area contributed by atoms with E-state index in [2.05, 4.69) is 16.7 Å². The summed E-state index contributed by atoms with van der Waals surface area (Å²) in [5.41, 5.74) is 6.81. The third kappa shape index (κ3) is 5.02. The first-order chi connectivity index (χ1) is 9.49. The van der Waals surface area contributed by atoms with Crippen LogP contribution in [0.1, 0.15) is 24.9 Å². The smallest absolute Gasteiger partial charge is 0.142 e. The van der Waals surface area contributed by atoms with Crippen LogP contribution in [0.4, 0.5) is 4.39 Å². The molecule has 2 N–H and O–H groups in total. The molecule has 0 saturated heterocycles. The minimum atomic E-state index is -0.383. The van der Waals surface area contributed by atoms with Crippen molar-refractivity contribution in [2.24, 2.45) is 5.73 Å². The minimum absolute atomic E-state index is 0.0293. The molecule has 0 fully saturated rings. The van der Waals surface area contributed by atoms with Gasteiger partial charge in [0.05, 0.1) is 5.02 Å². The van der Waals surface area contributed by atoms with Gasteiger partial charge in [-0.05, 0) is 44.8 Å². The van der Waals surface area contributed by atoms with Crippen molar-refractivity contribution in [2.45, 2.75) is 19.4 Å². The Morgan fingerprint density at radius 3 is 2.45 bits per heavy atom. The molecule has 0 spiro atoms. The molecule has 0 aliphatic heterocycles. The number of benzene rings is 1. The summed E-state index contributed by atoms with van der Waals surface area (Å²) in [5.74, 6) is -0.383. The fourth-order valence-corrected chi connectivity index (χ4v) is 2.37. The Morgan fingerprint density at radius 1 is 1.25 bits per heavy atom. The highest BCUT2D eigenvalue weighted by Crippen LogP contribution is 2.24. The summed E-state index contributed by atoms with van der Waals surface area (Å²) < 4.78 is 13.6. The van der Waals surface area contributed by atoms with Gasteiger partial charge in [-0.15, -0.1) is 0 Å². The van der Waals surface area contributed by atoms with E-state index in [9.17, 15) is 4.39 Å². The van der Waals surface area contributed by atoms with Crippen molar-refractivity contribution in [1.29, 1.82) is 0 Å². The zero-order chi connectivity index (χ0) is 15.1. The largest absolute Gasteiger partial charge is 0.329 e. The Morgan fingerprint density at radius 2 is 1.95 bits per heavy atom. The molecular formula is C15H25ClFN3. The lowest BCUT2D eigenvalue weighted by Crippen LogP contribution is -2.38. The lowest BCUT2D eigenvalue weighted by Gasteiger charge is -2.32. The predicted molar refractivity (Wildman–Crippen MR) is 83.6 cm³/mol. The van der Waals surface area contributed by atoms with Crippen molar-refractivity contribution < 1.29 is 4.39 Å². The van der Waals surface area contributed by atoms with Crippen LogP contribution in [0.15, 0.2) is 18.2 Å². The van der Waals surface area contributed by atoms with Crippen molar-refractivity contribution in [2.75, 3.05) is 40.3 Å². The highest BCUT2D eigenvalue weighted by atomic mass is 35.5. The standard InChI is InChI=1S/C15H25ClFN3/c1-4-7-20(9-8-19(2)3)15(11-18)12-5-6-13(16)14(17)10-12/h5-6,10,15H,4,7-9,11,18H2,1-3H3. The maximum Gasteiger partial charge on any atom is 0.142 e. The molecule has 0 aliphatic carbocycles. The third-order valence-electron chi connectivity index (χ3n) is 3.34. The van der Waals surface area contributed by atoms with Gasteiger partial charge in [0.2, 0.25) is 0 Å². The Balaban J connectivity index is 2.90. The molecule has 0 heterocycles. The number of halogens is 2. The van der Waals surface area contributed by atoms with Gasteiger partial charge in [-0.25, -0.2) is 4.39 Å². The van der Waals surface area contributed by atoms with E-state index < -0.39 is 0 Å². The van der Waals surface area contributed by atoms with Crippen molar-refractivity contribution in [3.05, 3.63) is 34.6 Å². The van der Waals surface area contributed by atoms with E-state index in [-0.39, 0.29) is 16.9 Å². The molecule has 0 amide bonds. The topological polar surface area (TPSA) is 32.5 Å². The summed E-state index contributed by atoms with van der Waals surface area (Å²) in [6.07, 6.45) is 1.04. The number of nitrogens with two attached hydrogens (primary N) is 1. The molecule has 0 aromatic heterocycles. The quantitative estimate of drug-likeness (QED) is 0.801. The molecule has 1 aromatic carbocycles. The molecule has 114 valence electrons. The molecule has 0 aliphatic rings. The van der Waals surface area contributed by atoms with E-state index in [0.29, 0.717) is 6.54 Å². The van der Waals surface area contributed by atoms with E-state index in [1.54, 1.807) is 6.07 Å². The monoisotopic (exact) mass is 301 g/mol. The highest BCUT2D eigenvalue weighted by molar-refractivity contribution is 6.30. The van der Waals surface area contributed by atoms with E-state index in [0.717, 1.165) is 31.6 Å². The third-order valence-corrected chi connectivity index (χ3v) is 3.64. The van der Waals surface area contributed by atoms with E-state index in [1.165, 1.54) is 6.07 Å². The molecule has 1 unspecified atom stereocenters. The van der Waals surface area contributed by atoms with Crippen molar-refractivity contribution in [3.8, 4) is 0 Å². The minimum Gasteiger partial charge on any atom is -0.329 e. The summed E-state index contributed by atoms with van der Waals surface area (Å²) >= 11 is 5.75. The van der Waals surface area contributed by atoms with Gasteiger partial charge < -0.3 is 10.6 Å². The maximum atomic E-state index is 13.6. The van der Waals surface area contributed by atoms with Crippen LogP contribution >= 0.6 is 11.6 Å². The second kappa shape index (κ2) is 8.57. The van der Waals surface area contributed by atoms with Crippen LogP contribution in [0.3, 0.4) is 0 Å². The Kier molecular flexibility index (Phi) is 7.45. The van der Waals surface area contributed by atoms with Crippen molar-refractivity contribution >= 4 is 11.6 Å². The van der Waals surface area contributed by atoms with E-state index in [4.69, 9.17) is 17.3 Å². The Bertz CT molecular complexity index is 412. The molecule has 0 saturated carbocycles. The van der Waals surface area contributed by atoms with Gasteiger partial charge in [-0.1, -0.05) is 24.6 Å². The first kappa shape index (κ1) is 17.4. The van der Waals surface area contributed by atoms with E-state index in [1.807, 2.05) is 20.2 Å². The van der Waals surface area contributed by atoms with Gasteiger partial charge in [0.15, 0.2) is 0 Å². The average Bonchev–Trinajstić information content (AvgIpc) is 2.40. The summed E-state index contributed by atoms with van der Waals surface area (Å²) in [6.45, 7) is 5.41. The molecule has 20 heavy (non-hydrogen) atoms. The normalized spacial score (nSPS) is 13.2. The van der Waals surface area contributed by atoms with Gasteiger partial charge in [0.25, 0.3) is 0 Å². The SMILES string of the molecule is CCCN(CCN(C)C)C(CN)c1ccc(Cl)c(F)c1. The maximum absolute atomic E-state index is 13.6. The molecule has 0 bridgehead atoms. The van der Waals surface area contributed by atoms with Crippen LogP contribution in [0.2, 0.25) is 5.02 Å². The lowest BCUT2D eigenvalue weighted by molar-refractivity contribution is 0.182. The van der Waals surface area contributed by atoms with Crippen LogP contribution < -0.4 is 5.73 Å². The fraction of sp³-hybridized carbons (Fsp3) is 0.600. The molecule has 1 atom stereocenters. The van der Waals surface area contributed by atoms with Crippen LogP contribution in [0, 0.1) is 5.82 Å². The number of nitrogens with zero attached hydrogens (tertiary/aromatic N) is 2. The second-order valence-electron chi connectivity index (χ2n) is 5.26. The predicted octanol–water partition coefficient (Wildman–Crippen LogP) is 2.75. The van der Waals surface area contributed by atoms with Gasteiger partial charge in [0.1, 0.15) is 5.82 Å². The first-order valence-corrected chi connectivity index (χ1v) is 7.41. The van der Waals surface area contributed by atoms with Crippen molar-refractivity contribution in [3.63, 3.8) is 0 Å². The average molecular weight is 302 g/mol. The van der Waals surface area contributed by atoms with Crippen LogP contribution in [0.25, 0.3) is 0 Å². The Labute approximate surface area is 126 Å². The summed E-state index contributed by atoms with van der Waals surface area (Å²) in [5, 5.41) is 0.153. The molecule has 0 radical (unpaired) electrons. The summed E-state index contributed by atoms with van der Waals surface area (Å²) in [7, 11) is 4.09. The fourth-order valence-electron chi connectivity index (χ4n) is 2.25. The van der Waals surface area contributed by atoms with Crippen LogP contribution in [-0.4, -0.2) is 50.1 Å². The summed E-state index contributed by atoms with van der Waals surface area (Å²) in [4.78, 5) is 4.45. The zero-order valence-electron chi connectivity index (χ0n) is 12.6. The van der Waals surface area contributed by atoms with Crippen LogP contribution in [0.5, 0.6) is 0 Å². The molecule has 1 aromatic rings. The number of hydrogen-bond donors (Lipinski definition) is 1. The van der Waals surface area contributed by atoms with Crippen molar-refractivity contribution in [1.82, 2.24) is 9.80 Å². The number of rotatable bonds is 8. The second-order valence-corrected chi connectivity index (χ2v) is 5.67. The van der Waals surface area contributed by atoms with Gasteiger partial charge >= 0.3 is 0 Å². The number of likely N-dealkylation sites (N-methyl/N-ethyl adjacent to an activating group) is 1. The molecular weight excluding hydrogens is 277 g/mol. The van der Waals surface area contributed by atoms with E-state index >= 15 is 0 Å².